The summed E-state index contributed by atoms with van der Waals surface area (Å²) >= 11 is 0. The Hall–Kier alpha value is -1.36. The summed E-state index contributed by atoms with van der Waals surface area (Å²) in [5.41, 5.74) is 2.29. The lowest BCUT2D eigenvalue weighted by Gasteiger charge is -2.41. The molecular weight excluding hydrogens is 192 g/mol. The Morgan fingerprint density at radius 3 is 3.47 bits per heavy atom. The quantitative estimate of drug-likeness (QED) is 0.666. The van der Waals surface area contributed by atoms with E-state index in [1.165, 1.54) is 0 Å². The first-order valence-corrected chi connectivity index (χ1v) is 5.27. The number of aryl methyl sites for hydroxylation is 1. The summed E-state index contributed by atoms with van der Waals surface area (Å²) in [6.45, 7) is 5.46. The van der Waals surface area contributed by atoms with Gasteiger partial charge in [-0.25, -0.2) is 0 Å². The lowest BCUT2D eigenvalue weighted by Crippen LogP contribution is -2.52. The monoisotopic (exact) mass is 206 g/mol. The van der Waals surface area contributed by atoms with Crippen molar-refractivity contribution < 1.29 is 4.74 Å². The Labute approximate surface area is 88.4 Å². The number of hydrogen-bond donors (Lipinski definition) is 1. The van der Waals surface area contributed by atoms with Gasteiger partial charge in [-0.15, -0.1) is 5.10 Å². The standard InChI is InChI=1S/C10H14N4O/c1-7-4-12-13-10-9(7)11-5-8-6-15-3-2-14(8)10/h4,8,11H,2-3,5-6H2,1H3. The van der Waals surface area contributed by atoms with Gasteiger partial charge in [-0.05, 0) is 12.5 Å². The number of morpholine rings is 1. The zero-order valence-corrected chi connectivity index (χ0v) is 8.73. The molecule has 1 unspecified atom stereocenters. The maximum Gasteiger partial charge on any atom is 0.175 e. The topological polar surface area (TPSA) is 50.3 Å². The number of ether oxygens (including phenoxy) is 1. The molecule has 0 aliphatic carbocycles. The van der Waals surface area contributed by atoms with Gasteiger partial charge in [0.25, 0.3) is 0 Å². The summed E-state index contributed by atoms with van der Waals surface area (Å²) in [6, 6.07) is 0.405. The summed E-state index contributed by atoms with van der Waals surface area (Å²) in [7, 11) is 0. The van der Waals surface area contributed by atoms with Crippen LogP contribution in [0.5, 0.6) is 0 Å². The third-order valence-electron chi connectivity index (χ3n) is 3.04. The Bertz CT molecular complexity index is 382. The van der Waals surface area contributed by atoms with Crippen LogP contribution in [-0.4, -0.2) is 42.5 Å². The Balaban J connectivity index is 2.03. The van der Waals surface area contributed by atoms with Crippen LogP contribution in [0, 0.1) is 6.92 Å². The molecule has 3 rings (SSSR count). The van der Waals surface area contributed by atoms with Crippen molar-refractivity contribution >= 4 is 11.5 Å². The summed E-state index contributed by atoms with van der Waals surface area (Å²) < 4.78 is 5.45. The largest absolute Gasteiger partial charge is 0.380 e. The highest BCUT2D eigenvalue weighted by molar-refractivity contribution is 5.71. The van der Waals surface area contributed by atoms with Crippen LogP contribution in [0.4, 0.5) is 11.5 Å². The SMILES string of the molecule is Cc1cnnc2c1NCC1COCCN21. The van der Waals surface area contributed by atoms with Gasteiger partial charge in [-0.3, -0.25) is 0 Å². The fourth-order valence-electron chi connectivity index (χ4n) is 2.20. The predicted octanol–water partition coefficient (Wildman–Crippen LogP) is 0.416. The molecule has 0 bridgehead atoms. The predicted molar refractivity (Wildman–Crippen MR) is 57.2 cm³/mol. The van der Waals surface area contributed by atoms with Crippen LogP contribution in [-0.2, 0) is 4.74 Å². The van der Waals surface area contributed by atoms with Gasteiger partial charge in [0, 0.05) is 13.1 Å². The normalized spacial score (nSPS) is 24.1. The van der Waals surface area contributed by atoms with E-state index >= 15 is 0 Å². The average molecular weight is 206 g/mol. The lowest BCUT2D eigenvalue weighted by molar-refractivity contribution is 0.0958. The molecule has 1 aromatic rings. The van der Waals surface area contributed by atoms with E-state index in [1.54, 1.807) is 6.20 Å². The number of anilines is 2. The number of hydrogen-bond acceptors (Lipinski definition) is 5. The van der Waals surface area contributed by atoms with E-state index in [9.17, 15) is 0 Å². The van der Waals surface area contributed by atoms with Gasteiger partial charge < -0.3 is 15.0 Å². The third kappa shape index (κ3) is 1.34. The van der Waals surface area contributed by atoms with Crippen molar-refractivity contribution in [1.82, 2.24) is 10.2 Å². The molecule has 1 fully saturated rings. The molecule has 1 saturated heterocycles. The van der Waals surface area contributed by atoms with Crippen LogP contribution < -0.4 is 10.2 Å². The number of nitrogens with zero attached hydrogens (tertiary/aromatic N) is 3. The summed E-state index contributed by atoms with van der Waals surface area (Å²) in [5.74, 6) is 0.981. The molecule has 5 heteroatoms. The molecule has 80 valence electrons. The van der Waals surface area contributed by atoms with E-state index in [-0.39, 0.29) is 0 Å². The van der Waals surface area contributed by atoms with Crippen molar-refractivity contribution in [3.05, 3.63) is 11.8 Å². The van der Waals surface area contributed by atoms with Gasteiger partial charge in [-0.1, -0.05) is 0 Å². The summed E-state index contributed by atoms with van der Waals surface area (Å²) in [5, 5.41) is 11.6. The van der Waals surface area contributed by atoms with E-state index in [2.05, 4.69) is 27.3 Å². The van der Waals surface area contributed by atoms with E-state index in [0.29, 0.717) is 6.04 Å². The van der Waals surface area contributed by atoms with Crippen molar-refractivity contribution in [2.45, 2.75) is 13.0 Å². The maximum atomic E-state index is 5.45. The molecular formula is C10H14N4O. The second-order valence-electron chi connectivity index (χ2n) is 4.03. The number of rotatable bonds is 0. The highest BCUT2D eigenvalue weighted by Gasteiger charge is 2.30. The summed E-state index contributed by atoms with van der Waals surface area (Å²) in [6.07, 6.45) is 1.80. The van der Waals surface area contributed by atoms with Crippen LogP contribution in [0.1, 0.15) is 5.56 Å². The first-order valence-electron chi connectivity index (χ1n) is 5.27. The van der Waals surface area contributed by atoms with Crippen LogP contribution in [0.15, 0.2) is 6.20 Å². The molecule has 0 amide bonds. The second kappa shape index (κ2) is 3.34. The minimum absolute atomic E-state index is 0.405. The molecule has 1 aromatic heterocycles. The van der Waals surface area contributed by atoms with E-state index in [0.717, 1.165) is 43.4 Å². The Morgan fingerprint density at radius 2 is 2.53 bits per heavy atom. The van der Waals surface area contributed by atoms with Crippen molar-refractivity contribution in [2.75, 3.05) is 36.5 Å². The first-order chi connectivity index (χ1) is 7.36. The van der Waals surface area contributed by atoms with Crippen molar-refractivity contribution in [3.63, 3.8) is 0 Å². The third-order valence-corrected chi connectivity index (χ3v) is 3.04. The number of aromatic nitrogens is 2. The zero-order chi connectivity index (χ0) is 10.3. The lowest BCUT2D eigenvalue weighted by atomic mass is 10.1. The molecule has 0 saturated carbocycles. The van der Waals surface area contributed by atoms with Crippen LogP contribution in [0.25, 0.3) is 0 Å². The number of nitrogens with one attached hydrogen (secondary N) is 1. The van der Waals surface area contributed by atoms with Gasteiger partial charge in [0.2, 0.25) is 0 Å². The highest BCUT2D eigenvalue weighted by Crippen LogP contribution is 2.31. The van der Waals surface area contributed by atoms with Crippen LogP contribution >= 0.6 is 0 Å². The van der Waals surface area contributed by atoms with Gasteiger partial charge >= 0.3 is 0 Å². The van der Waals surface area contributed by atoms with Crippen LogP contribution in [0.2, 0.25) is 0 Å². The van der Waals surface area contributed by atoms with Crippen molar-refractivity contribution in [3.8, 4) is 0 Å². The van der Waals surface area contributed by atoms with Crippen molar-refractivity contribution in [1.29, 1.82) is 0 Å². The minimum atomic E-state index is 0.405. The first kappa shape index (κ1) is 8.91. The molecule has 1 atom stereocenters. The second-order valence-corrected chi connectivity index (χ2v) is 4.03. The molecule has 15 heavy (non-hydrogen) atoms. The van der Waals surface area contributed by atoms with E-state index in [1.807, 2.05) is 0 Å². The highest BCUT2D eigenvalue weighted by atomic mass is 16.5. The average Bonchev–Trinajstić information content (AvgIpc) is 2.29. The van der Waals surface area contributed by atoms with Gasteiger partial charge in [0.05, 0.1) is 31.1 Å². The van der Waals surface area contributed by atoms with Crippen LogP contribution in [0.3, 0.4) is 0 Å². The van der Waals surface area contributed by atoms with Crippen molar-refractivity contribution in [2.24, 2.45) is 0 Å². The fraction of sp³-hybridized carbons (Fsp3) is 0.600. The smallest absolute Gasteiger partial charge is 0.175 e. The fourth-order valence-corrected chi connectivity index (χ4v) is 2.20. The van der Waals surface area contributed by atoms with E-state index in [4.69, 9.17) is 4.74 Å². The zero-order valence-electron chi connectivity index (χ0n) is 8.73. The molecule has 3 heterocycles. The minimum Gasteiger partial charge on any atom is -0.380 e. The Kier molecular flexibility index (Phi) is 1.98. The molecule has 0 aromatic carbocycles. The molecule has 0 radical (unpaired) electrons. The molecule has 0 spiro atoms. The van der Waals surface area contributed by atoms with E-state index < -0.39 is 0 Å². The molecule has 1 N–H and O–H groups in total. The van der Waals surface area contributed by atoms with Gasteiger partial charge in [0.1, 0.15) is 0 Å². The molecule has 5 nitrogen and oxygen atoms in total. The summed E-state index contributed by atoms with van der Waals surface area (Å²) in [4.78, 5) is 2.30. The molecule has 2 aliphatic heterocycles. The van der Waals surface area contributed by atoms with Gasteiger partial charge in [0.15, 0.2) is 5.82 Å². The number of fused-ring (bicyclic) bond motifs is 3. The maximum absolute atomic E-state index is 5.45. The van der Waals surface area contributed by atoms with Gasteiger partial charge in [-0.2, -0.15) is 5.10 Å². The Morgan fingerprint density at radius 1 is 1.60 bits per heavy atom. The molecule has 2 aliphatic rings.